The van der Waals surface area contributed by atoms with Crippen LogP contribution in [-0.4, -0.2) is 11.0 Å². The number of amides is 1. The fourth-order valence-corrected chi connectivity index (χ4v) is 2.71. The quantitative estimate of drug-likeness (QED) is 0.892. The first-order chi connectivity index (χ1) is 9.55. The highest BCUT2D eigenvalue weighted by atomic mass is 35.5. The van der Waals surface area contributed by atoms with Gasteiger partial charge in [-0.1, -0.05) is 48.9 Å². The van der Waals surface area contributed by atoms with Crippen LogP contribution in [0, 0.1) is 0 Å². The number of hydrogen-bond acceptors (Lipinski definition) is 2. The highest BCUT2D eigenvalue weighted by Gasteiger charge is 2.46. The zero-order valence-corrected chi connectivity index (χ0v) is 11.7. The lowest BCUT2D eigenvalue weighted by Crippen LogP contribution is -2.35. The summed E-state index contributed by atoms with van der Waals surface area (Å²) in [6.07, 6.45) is 0.914. The van der Waals surface area contributed by atoms with Crippen LogP contribution in [0.25, 0.3) is 0 Å². The molecule has 0 bridgehead atoms. The predicted octanol–water partition coefficient (Wildman–Crippen LogP) is 3.09. The Morgan fingerprint density at radius 3 is 2.55 bits per heavy atom. The van der Waals surface area contributed by atoms with E-state index in [-0.39, 0.29) is 0 Å². The molecular formula is C16H14ClNO2. The number of benzene rings is 2. The monoisotopic (exact) mass is 287 g/mol. The van der Waals surface area contributed by atoms with Crippen molar-refractivity contribution in [3.63, 3.8) is 0 Å². The van der Waals surface area contributed by atoms with Gasteiger partial charge in [0.25, 0.3) is 5.91 Å². The molecule has 0 radical (unpaired) electrons. The molecule has 1 aliphatic heterocycles. The van der Waals surface area contributed by atoms with E-state index in [2.05, 4.69) is 12.2 Å². The van der Waals surface area contributed by atoms with Gasteiger partial charge in [0.1, 0.15) is 0 Å². The minimum atomic E-state index is -1.65. The van der Waals surface area contributed by atoms with Crippen LogP contribution < -0.4 is 5.32 Å². The maximum Gasteiger partial charge on any atom is 0.265 e. The van der Waals surface area contributed by atoms with Crippen LogP contribution in [0.2, 0.25) is 5.02 Å². The third kappa shape index (κ3) is 1.82. The molecule has 1 heterocycles. The number of anilines is 1. The van der Waals surface area contributed by atoms with E-state index in [4.69, 9.17) is 11.6 Å². The van der Waals surface area contributed by atoms with Gasteiger partial charge in [0.05, 0.1) is 0 Å². The molecule has 0 saturated heterocycles. The summed E-state index contributed by atoms with van der Waals surface area (Å²) in [6.45, 7) is 2.06. The van der Waals surface area contributed by atoms with Gasteiger partial charge in [-0.25, -0.2) is 0 Å². The molecule has 1 atom stereocenters. The van der Waals surface area contributed by atoms with Crippen molar-refractivity contribution in [3.05, 3.63) is 64.2 Å². The second kappa shape index (κ2) is 4.62. The molecule has 0 spiro atoms. The molecule has 0 fully saturated rings. The van der Waals surface area contributed by atoms with E-state index in [1.54, 1.807) is 30.3 Å². The molecule has 0 aromatic heterocycles. The van der Waals surface area contributed by atoms with Crippen molar-refractivity contribution in [2.75, 3.05) is 5.32 Å². The van der Waals surface area contributed by atoms with Crippen molar-refractivity contribution in [1.29, 1.82) is 0 Å². The second-order valence-corrected chi connectivity index (χ2v) is 5.34. The highest BCUT2D eigenvalue weighted by Crippen LogP contribution is 2.41. The number of carbonyl (C=O) groups is 1. The highest BCUT2D eigenvalue weighted by molar-refractivity contribution is 6.31. The van der Waals surface area contributed by atoms with Crippen LogP contribution in [0.4, 0.5) is 5.69 Å². The summed E-state index contributed by atoms with van der Waals surface area (Å²) in [5.74, 6) is -0.445. The minimum Gasteiger partial charge on any atom is -0.372 e. The molecule has 3 rings (SSSR count). The zero-order chi connectivity index (χ0) is 14.3. The average molecular weight is 288 g/mol. The van der Waals surface area contributed by atoms with Gasteiger partial charge in [0.15, 0.2) is 5.60 Å². The molecular weight excluding hydrogens is 274 g/mol. The van der Waals surface area contributed by atoms with Crippen molar-refractivity contribution >= 4 is 23.2 Å². The summed E-state index contributed by atoms with van der Waals surface area (Å²) in [5.41, 5.74) is 1.17. The molecule has 102 valence electrons. The molecule has 1 amide bonds. The van der Waals surface area contributed by atoms with Gasteiger partial charge in [-0.2, -0.15) is 0 Å². The van der Waals surface area contributed by atoms with Crippen molar-refractivity contribution in [1.82, 2.24) is 0 Å². The number of hydrogen-bond donors (Lipinski definition) is 2. The Hall–Kier alpha value is -1.84. The first-order valence-electron chi connectivity index (χ1n) is 6.49. The molecule has 0 aliphatic carbocycles. The molecule has 1 aliphatic rings. The number of rotatable bonds is 2. The van der Waals surface area contributed by atoms with E-state index in [0.717, 1.165) is 12.0 Å². The Kier molecular flexibility index (Phi) is 3.04. The molecule has 0 saturated carbocycles. The molecule has 2 aromatic rings. The topological polar surface area (TPSA) is 49.3 Å². The Bertz CT molecular complexity index is 681. The van der Waals surface area contributed by atoms with Gasteiger partial charge in [-0.15, -0.1) is 0 Å². The van der Waals surface area contributed by atoms with Crippen LogP contribution in [0.5, 0.6) is 0 Å². The SMILES string of the molecule is CCc1ccc(C2(O)C(=O)Nc3cc(Cl)ccc32)cc1. The lowest BCUT2D eigenvalue weighted by atomic mass is 9.87. The average Bonchev–Trinajstić information content (AvgIpc) is 2.71. The van der Waals surface area contributed by atoms with E-state index in [9.17, 15) is 9.90 Å². The van der Waals surface area contributed by atoms with Crippen LogP contribution in [0.15, 0.2) is 42.5 Å². The summed E-state index contributed by atoms with van der Waals surface area (Å²) >= 11 is 5.92. The van der Waals surface area contributed by atoms with Gasteiger partial charge in [-0.05, 0) is 29.7 Å². The summed E-state index contributed by atoms with van der Waals surface area (Å²) in [6, 6.07) is 12.4. The van der Waals surface area contributed by atoms with Gasteiger partial charge in [0.2, 0.25) is 0 Å². The maximum absolute atomic E-state index is 12.2. The lowest BCUT2D eigenvalue weighted by molar-refractivity contribution is -0.129. The molecule has 1 unspecified atom stereocenters. The molecule has 2 N–H and O–H groups in total. The first kappa shape index (κ1) is 13.2. The minimum absolute atomic E-state index is 0.445. The number of aliphatic hydroxyl groups is 1. The smallest absolute Gasteiger partial charge is 0.265 e. The fraction of sp³-hybridized carbons (Fsp3) is 0.188. The number of halogens is 1. The zero-order valence-electron chi connectivity index (χ0n) is 11.0. The van der Waals surface area contributed by atoms with Gasteiger partial charge in [0, 0.05) is 16.3 Å². The van der Waals surface area contributed by atoms with Crippen molar-refractivity contribution in [3.8, 4) is 0 Å². The van der Waals surface area contributed by atoms with Crippen LogP contribution >= 0.6 is 11.6 Å². The summed E-state index contributed by atoms with van der Waals surface area (Å²) in [7, 11) is 0. The number of carbonyl (C=O) groups excluding carboxylic acids is 1. The number of aryl methyl sites for hydroxylation is 1. The lowest BCUT2D eigenvalue weighted by Gasteiger charge is -2.21. The van der Waals surface area contributed by atoms with E-state index >= 15 is 0 Å². The Labute approximate surface area is 122 Å². The molecule has 3 nitrogen and oxygen atoms in total. The molecule has 20 heavy (non-hydrogen) atoms. The normalized spacial score (nSPS) is 20.6. The van der Waals surface area contributed by atoms with Gasteiger partial charge < -0.3 is 10.4 Å². The number of fused-ring (bicyclic) bond motifs is 1. The fourth-order valence-electron chi connectivity index (χ4n) is 2.54. The third-order valence-corrected chi connectivity index (χ3v) is 3.96. The van der Waals surface area contributed by atoms with E-state index < -0.39 is 11.5 Å². The third-order valence-electron chi connectivity index (χ3n) is 3.73. The van der Waals surface area contributed by atoms with Crippen molar-refractivity contribution < 1.29 is 9.90 Å². The molecule has 2 aromatic carbocycles. The maximum atomic E-state index is 12.2. The number of nitrogens with one attached hydrogen (secondary N) is 1. The van der Waals surface area contributed by atoms with Crippen LogP contribution in [0.1, 0.15) is 23.6 Å². The van der Waals surface area contributed by atoms with Gasteiger partial charge >= 0.3 is 0 Å². The van der Waals surface area contributed by atoms with Crippen molar-refractivity contribution in [2.45, 2.75) is 18.9 Å². The largest absolute Gasteiger partial charge is 0.372 e. The van der Waals surface area contributed by atoms with E-state index in [1.165, 1.54) is 0 Å². The van der Waals surface area contributed by atoms with E-state index in [0.29, 0.717) is 21.8 Å². The predicted molar refractivity (Wildman–Crippen MR) is 78.9 cm³/mol. The summed E-state index contributed by atoms with van der Waals surface area (Å²) in [5, 5.41) is 14.1. The Morgan fingerprint density at radius 2 is 1.90 bits per heavy atom. The van der Waals surface area contributed by atoms with Crippen molar-refractivity contribution in [2.24, 2.45) is 0 Å². The van der Waals surface area contributed by atoms with Crippen LogP contribution in [0.3, 0.4) is 0 Å². The Balaban J connectivity index is 2.13. The molecule has 4 heteroatoms. The first-order valence-corrected chi connectivity index (χ1v) is 6.86. The second-order valence-electron chi connectivity index (χ2n) is 4.90. The summed E-state index contributed by atoms with van der Waals surface area (Å²) < 4.78 is 0. The Morgan fingerprint density at radius 1 is 1.20 bits per heavy atom. The standard InChI is InChI=1S/C16H14ClNO2/c1-2-10-3-5-11(6-4-10)16(20)13-8-7-12(17)9-14(13)18-15(16)19/h3-9,20H,2H2,1H3,(H,18,19). The van der Waals surface area contributed by atoms with E-state index in [1.807, 2.05) is 12.1 Å². The van der Waals surface area contributed by atoms with Crippen LogP contribution in [-0.2, 0) is 16.8 Å². The summed E-state index contributed by atoms with van der Waals surface area (Å²) in [4.78, 5) is 12.2. The van der Waals surface area contributed by atoms with Gasteiger partial charge in [-0.3, -0.25) is 4.79 Å².